The van der Waals surface area contributed by atoms with Gasteiger partial charge in [-0.05, 0) is 64.2 Å². The van der Waals surface area contributed by atoms with Crippen LogP contribution in [-0.4, -0.2) is 70.5 Å². The number of hydrogen-bond acceptors (Lipinski definition) is 6. The summed E-state index contributed by atoms with van der Waals surface area (Å²) in [6.45, 7) is 11.9. The van der Waals surface area contributed by atoms with Crippen LogP contribution in [0.1, 0.15) is 70.6 Å². The van der Waals surface area contributed by atoms with Gasteiger partial charge in [0.25, 0.3) is 0 Å². The molecule has 1 N–H and O–H groups in total. The maximum Gasteiger partial charge on any atom is 0.351 e. The fourth-order valence-corrected chi connectivity index (χ4v) is 3.15. The second-order valence-corrected chi connectivity index (χ2v) is 8.54. The normalized spacial score (nSPS) is 21.3. The Morgan fingerprint density at radius 3 is 1.95 bits per heavy atom. The van der Waals surface area contributed by atoms with Gasteiger partial charge in [-0.1, -0.05) is 36.7 Å². The lowest BCUT2D eigenvalue weighted by Gasteiger charge is -2.21. The van der Waals surface area contributed by atoms with Crippen LogP contribution in [0.3, 0.4) is 0 Å². The fraction of sp³-hybridized carbons (Fsp3) is 0.724. The molecule has 0 bridgehead atoms. The third-order valence-corrected chi connectivity index (χ3v) is 5.23. The van der Waals surface area contributed by atoms with Gasteiger partial charge in [-0.15, -0.1) is 19.6 Å². The quantitative estimate of drug-likeness (QED) is 0.140. The van der Waals surface area contributed by atoms with Crippen molar-refractivity contribution in [2.24, 2.45) is 0 Å². The Morgan fingerprint density at radius 1 is 0.974 bits per heavy atom. The first-order valence-corrected chi connectivity index (χ1v) is 13.5. The highest BCUT2D eigenvalue weighted by Gasteiger charge is 2.20. The third-order valence-electron chi connectivity index (χ3n) is 5.23. The zero-order valence-electron chi connectivity index (χ0n) is 23.5. The SMILES string of the molecule is C#CCOC1CCCCO1.C=CCCC1CO1.C=CCC[C@H](O)CC#CCOC1CCCCO1.C[B]F.FF. The van der Waals surface area contributed by atoms with E-state index in [2.05, 4.69) is 30.9 Å². The van der Waals surface area contributed by atoms with Crippen molar-refractivity contribution in [1.82, 2.24) is 0 Å². The maximum absolute atomic E-state index is 10.2. The van der Waals surface area contributed by atoms with Crippen molar-refractivity contribution < 1.29 is 42.3 Å². The number of terminal acetylenes is 1. The van der Waals surface area contributed by atoms with Gasteiger partial charge in [-0.3, -0.25) is 0 Å². The minimum absolute atomic E-state index is 0.0372. The summed E-state index contributed by atoms with van der Waals surface area (Å²) in [5, 5.41) is 9.51. The van der Waals surface area contributed by atoms with E-state index in [0.29, 0.717) is 33.3 Å². The smallest absolute Gasteiger partial charge is 0.351 e. The van der Waals surface area contributed by atoms with Crippen LogP contribution < -0.4 is 0 Å². The Hall–Kier alpha value is -1.79. The van der Waals surface area contributed by atoms with E-state index in [4.69, 9.17) is 39.3 Å². The summed E-state index contributed by atoms with van der Waals surface area (Å²) in [5.74, 6) is 8.23. The zero-order chi connectivity index (χ0) is 29.4. The highest BCUT2D eigenvalue weighted by atomic mass is 20.0. The number of ether oxygens (including phenoxy) is 5. The predicted octanol–water partition coefficient (Wildman–Crippen LogP) is 6.23. The van der Waals surface area contributed by atoms with Gasteiger partial charge in [0, 0.05) is 28.8 Å². The van der Waals surface area contributed by atoms with E-state index in [-0.39, 0.29) is 18.7 Å². The summed E-state index contributed by atoms with van der Waals surface area (Å²) < 4.78 is 52.4. The van der Waals surface area contributed by atoms with E-state index in [9.17, 15) is 9.42 Å². The van der Waals surface area contributed by atoms with Crippen LogP contribution in [0.5, 0.6) is 0 Å². The molecule has 39 heavy (non-hydrogen) atoms. The number of allylic oxidation sites excluding steroid dienone is 2. The van der Waals surface area contributed by atoms with Crippen molar-refractivity contribution in [3.63, 3.8) is 0 Å². The molecule has 0 aromatic carbocycles. The molecular formula is C29H47BF3O6. The molecule has 10 heteroatoms. The molecule has 0 aliphatic carbocycles. The Labute approximate surface area is 234 Å². The molecule has 0 amide bonds. The van der Waals surface area contributed by atoms with Crippen molar-refractivity contribution in [1.29, 1.82) is 0 Å². The molecule has 3 aliphatic rings. The van der Waals surface area contributed by atoms with Gasteiger partial charge in [0.15, 0.2) is 12.6 Å². The Balaban J connectivity index is 0. The molecule has 3 rings (SSSR count). The average molecular weight is 559 g/mol. The molecule has 3 unspecified atom stereocenters. The highest BCUT2D eigenvalue weighted by Crippen LogP contribution is 2.15. The van der Waals surface area contributed by atoms with Crippen LogP contribution in [-0.2, 0) is 23.7 Å². The molecule has 1 radical (unpaired) electrons. The minimum Gasteiger partial charge on any atom is -0.392 e. The van der Waals surface area contributed by atoms with Gasteiger partial charge >= 0.3 is 7.56 Å². The van der Waals surface area contributed by atoms with Gasteiger partial charge < -0.3 is 33.1 Å². The van der Waals surface area contributed by atoms with Crippen LogP contribution in [0.4, 0.5) is 13.5 Å². The van der Waals surface area contributed by atoms with Crippen molar-refractivity contribution in [2.45, 2.75) is 102 Å². The van der Waals surface area contributed by atoms with E-state index in [1.807, 2.05) is 6.08 Å². The Bertz CT molecular complexity index is 637. The highest BCUT2D eigenvalue weighted by molar-refractivity contribution is 6.23. The summed E-state index contributed by atoms with van der Waals surface area (Å²) in [5.41, 5.74) is 0. The van der Waals surface area contributed by atoms with E-state index in [0.717, 1.165) is 64.8 Å². The van der Waals surface area contributed by atoms with Gasteiger partial charge in [0.05, 0.1) is 18.8 Å². The first-order chi connectivity index (χ1) is 19.1. The van der Waals surface area contributed by atoms with E-state index in [1.54, 1.807) is 6.08 Å². The maximum atomic E-state index is 10.2. The summed E-state index contributed by atoms with van der Waals surface area (Å²) in [6.07, 6.45) is 19.8. The number of hydrogen-bond donors (Lipinski definition) is 1. The van der Waals surface area contributed by atoms with Crippen molar-refractivity contribution in [3.8, 4) is 24.2 Å². The first-order valence-electron chi connectivity index (χ1n) is 13.5. The van der Waals surface area contributed by atoms with Crippen molar-refractivity contribution in [2.75, 3.05) is 33.0 Å². The van der Waals surface area contributed by atoms with E-state index < -0.39 is 0 Å². The number of aliphatic hydroxyl groups is 1. The molecule has 3 saturated heterocycles. The lowest BCUT2D eigenvalue weighted by Crippen LogP contribution is -2.22. The van der Waals surface area contributed by atoms with Gasteiger partial charge in [0.1, 0.15) is 13.2 Å². The molecular weight excluding hydrogens is 512 g/mol. The van der Waals surface area contributed by atoms with Gasteiger partial charge in [-0.2, -0.15) is 0 Å². The van der Waals surface area contributed by atoms with Crippen LogP contribution in [0.15, 0.2) is 25.3 Å². The molecule has 6 nitrogen and oxygen atoms in total. The van der Waals surface area contributed by atoms with Crippen LogP contribution in [0, 0.1) is 24.2 Å². The summed E-state index contributed by atoms with van der Waals surface area (Å²) >= 11 is 0. The zero-order valence-corrected chi connectivity index (χ0v) is 23.5. The molecule has 4 atom stereocenters. The van der Waals surface area contributed by atoms with Crippen molar-refractivity contribution in [3.05, 3.63) is 25.3 Å². The Kier molecular flexibility index (Phi) is 32.7. The number of halogens is 3. The monoisotopic (exact) mass is 559 g/mol. The van der Waals surface area contributed by atoms with Crippen molar-refractivity contribution >= 4 is 7.56 Å². The lowest BCUT2D eigenvalue weighted by atomic mass is 10.1. The molecule has 0 aromatic heterocycles. The molecule has 0 aromatic rings. The standard InChI is InChI=1S/C14H22O3.C8H12O2.C6H10O.CH3BF.F2/c1-2-3-8-13(15)9-4-6-11-16-14-10-5-7-12-17-14;1-2-6-9-8-5-3-4-7-10-8;1-2-3-4-6-5-7-6;1-2-3;1-2/h2,13-15H,1,3,5,7-12H2;1,8H,3-7H2;2,6H,1,3-5H2;1H3;/t13-,14?;;;;/m0..../s1. The molecule has 3 fully saturated rings. The van der Waals surface area contributed by atoms with Gasteiger partial charge in [0.2, 0.25) is 0 Å². The molecule has 0 saturated carbocycles. The van der Waals surface area contributed by atoms with Gasteiger partial charge in [-0.25, -0.2) is 0 Å². The summed E-state index contributed by atoms with van der Waals surface area (Å²) in [4.78, 5) is 0. The molecule has 223 valence electrons. The molecule has 3 aliphatic heterocycles. The van der Waals surface area contributed by atoms with Crippen LogP contribution >= 0.6 is 0 Å². The summed E-state index contributed by atoms with van der Waals surface area (Å²) in [6, 6.07) is 0. The molecule has 0 spiro atoms. The van der Waals surface area contributed by atoms with Crippen LogP contribution in [0.2, 0.25) is 6.82 Å². The Morgan fingerprint density at radius 2 is 1.51 bits per heavy atom. The second-order valence-electron chi connectivity index (χ2n) is 8.54. The lowest BCUT2D eigenvalue weighted by molar-refractivity contribution is -0.154. The first kappa shape index (κ1) is 39.4. The molecule has 3 heterocycles. The number of aliphatic hydroxyl groups excluding tert-OH is 1. The fourth-order valence-electron chi connectivity index (χ4n) is 3.15. The third kappa shape index (κ3) is 30.6. The number of epoxide rings is 1. The van der Waals surface area contributed by atoms with E-state index >= 15 is 0 Å². The topological polar surface area (TPSA) is 69.7 Å². The number of rotatable bonds is 11. The van der Waals surface area contributed by atoms with E-state index in [1.165, 1.54) is 26.1 Å². The second kappa shape index (κ2) is 32.4. The summed E-state index contributed by atoms with van der Waals surface area (Å²) in [7, 11) is 0.500. The average Bonchev–Trinajstić information content (AvgIpc) is 3.82. The predicted molar refractivity (Wildman–Crippen MR) is 150 cm³/mol. The van der Waals surface area contributed by atoms with Crippen LogP contribution in [0.25, 0.3) is 0 Å². The minimum atomic E-state index is -0.355. The largest absolute Gasteiger partial charge is 0.392 e.